The minimum absolute atomic E-state index is 0.0367. The van der Waals surface area contributed by atoms with Crippen molar-refractivity contribution in [1.82, 2.24) is 5.43 Å². The van der Waals surface area contributed by atoms with Crippen molar-refractivity contribution < 1.29 is 4.74 Å². The van der Waals surface area contributed by atoms with Crippen LogP contribution >= 0.6 is 43.2 Å². The zero-order valence-electron chi connectivity index (χ0n) is 10.6. The highest BCUT2D eigenvalue weighted by Gasteiger charge is 2.24. The minimum atomic E-state index is -0.0367. The summed E-state index contributed by atoms with van der Waals surface area (Å²) in [4.78, 5) is 1.15. The third kappa shape index (κ3) is 3.26. The Kier molecular flexibility index (Phi) is 4.47. The van der Waals surface area contributed by atoms with Gasteiger partial charge < -0.3 is 4.74 Å². The molecule has 3 N–H and O–H groups in total. The van der Waals surface area contributed by atoms with Crippen LogP contribution in [0.3, 0.4) is 0 Å². The molecule has 6 heteroatoms. The number of benzene rings is 1. The van der Waals surface area contributed by atoms with E-state index in [0.717, 1.165) is 37.3 Å². The van der Waals surface area contributed by atoms with E-state index in [1.165, 1.54) is 0 Å². The fourth-order valence-corrected chi connectivity index (χ4v) is 4.17. The molecule has 1 aliphatic rings. The number of hydrogen-bond acceptors (Lipinski definition) is 4. The van der Waals surface area contributed by atoms with Crippen molar-refractivity contribution in [2.24, 2.45) is 5.84 Å². The van der Waals surface area contributed by atoms with Crippen molar-refractivity contribution in [3.63, 3.8) is 0 Å². The highest BCUT2D eigenvalue weighted by atomic mass is 79.9. The molecular weight excluding hydrogens is 404 g/mol. The van der Waals surface area contributed by atoms with E-state index in [0.29, 0.717) is 6.10 Å². The van der Waals surface area contributed by atoms with Gasteiger partial charge in [0.05, 0.1) is 15.9 Å². The molecule has 0 radical (unpaired) electrons. The number of hydrogen-bond donors (Lipinski definition) is 2. The first kappa shape index (κ1) is 14.5. The van der Waals surface area contributed by atoms with Crippen molar-refractivity contribution >= 4 is 43.2 Å². The summed E-state index contributed by atoms with van der Waals surface area (Å²) in [5, 5.41) is 0. The quantitative estimate of drug-likeness (QED) is 0.560. The Hall–Kier alpha value is -0.400. The first-order valence-electron chi connectivity index (χ1n) is 6.35. The smallest absolute Gasteiger partial charge is 0.120 e. The van der Waals surface area contributed by atoms with Gasteiger partial charge in [-0.15, -0.1) is 11.3 Å². The van der Waals surface area contributed by atoms with Crippen LogP contribution < -0.4 is 16.0 Å². The highest BCUT2D eigenvalue weighted by Crippen LogP contribution is 2.38. The lowest BCUT2D eigenvalue weighted by molar-refractivity contribution is 0.302. The standard InChI is InChI=1S/C14H14Br2N2OS/c15-11-7-12(20-14(11)16)13(18-17)8-2-1-3-10(6-8)19-9-4-5-9/h1-3,6-7,9,13,18H,4-5,17H2. The van der Waals surface area contributed by atoms with Crippen LogP contribution in [0.4, 0.5) is 0 Å². The third-order valence-corrected chi connectivity index (χ3v) is 6.46. The van der Waals surface area contributed by atoms with Gasteiger partial charge in [-0.25, -0.2) is 5.43 Å². The molecule has 0 aliphatic heterocycles. The van der Waals surface area contributed by atoms with Crippen LogP contribution in [0, 0.1) is 0 Å². The number of nitrogens with one attached hydrogen (secondary N) is 1. The van der Waals surface area contributed by atoms with Gasteiger partial charge in [0, 0.05) is 9.35 Å². The fraction of sp³-hybridized carbons (Fsp3) is 0.286. The van der Waals surface area contributed by atoms with Gasteiger partial charge in [-0.1, -0.05) is 12.1 Å². The van der Waals surface area contributed by atoms with E-state index in [9.17, 15) is 0 Å². The third-order valence-electron chi connectivity index (χ3n) is 3.13. The molecule has 1 heterocycles. The molecule has 0 spiro atoms. The average Bonchev–Trinajstić information content (AvgIpc) is 3.17. The van der Waals surface area contributed by atoms with Crippen molar-refractivity contribution in [1.29, 1.82) is 0 Å². The van der Waals surface area contributed by atoms with Crippen LogP contribution in [-0.4, -0.2) is 6.10 Å². The van der Waals surface area contributed by atoms with Crippen LogP contribution in [0.5, 0.6) is 5.75 Å². The van der Waals surface area contributed by atoms with Crippen molar-refractivity contribution in [3.8, 4) is 5.75 Å². The second-order valence-electron chi connectivity index (χ2n) is 4.76. The molecule has 1 fully saturated rings. The molecule has 20 heavy (non-hydrogen) atoms. The first-order valence-corrected chi connectivity index (χ1v) is 8.75. The number of thiophene rings is 1. The Balaban J connectivity index is 1.87. The number of ether oxygens (including phenoxy) is 1. The molecular formula is C14H14Br2N2OS. The first-order chi connectivity index (χ1) is 9.67. The lowest BCUT2D eigenvalue weighted by atomic mass is 10.1. The molecule has 0 bridgehead atoms. The van der Waals surface area contributed by atoms with E-state index in [1.807, 2.05) is 12.1 Å². The van der Waals surface area contributed by atoms with Gasteiger partial charge in [-0.05, 0) is 68.5 Å². The molecule has 1 saturated carbocycles. The van der Waals surface area contributed by atoms with E-state index in [2.05, 4.69) is 55.5 Å². The zero-order valence-corrected chi connectivity index (χ0v) is 14.6. The average molecular weight is 418 g/mol. The van der Waals surface area contributed by atoms with Crippen LogP contribution in [0.15, 0.2) is 38.6 Å². The highest BCUT2D eigenvalue weighted by molar-refractivity contribution is 9.13. The van der Waals surface area contributed by atoms with Gasteiger partial charge in [0.2, 0.25) is 0 Å². The minimum Gasteiger partial charge on any atom is -0.490 e. The lowest BCUT2D eigenvalue weighted by Gasteiger charge is -2.16. The summed E-state index contributed by atoms with van der Waals surface area (Å²) in [5.41, 5.74) is 3.99. The van der Waals surface area contributed by atoms with Crippen molar-refractivity contribution in [2.45, 2.75) is 25.0 Å². The Morgan fingerprint density at radius 2 is 2.10 bits per heavy atom. The maximum atomic E-state index is 5.84. The van der Waals surface area contributed by atoms with Gasteiger partial charge in [0.25, 0.3) is 0 Å². The van der Waals surface area contributed by atoms with Crippen molar-refractivity contribution in [2.75, 3.05) is 0 Å². The predicted molar refractivity (Wildman–Crippen MR) is 89.0 cm³/mol. The Morgan fingerprint density at radius 1 is 1.30 bits per heavy atom. The zero-order chi connectivity index (χ0) is 14.1. The van der Waals surface area contributed by atoms with Crippen LogP contribution in [0.25, 0.3) is 0 Å². The fourth-order valence-electron chi connectivity index (χ4n) is 1.99. The molecule has 0 amide bonds. The topological polar surface area (TPSA) is 47.3 Å². The predicted octanol–water partition coefficient (Wildman–Crippen LogP) is 4.37. The summed E-state index contributed by atoms with van der Waals surface area (Å²) >= 11 is 8.69. The number of nitrogens with two attached hydrogens (primary N) is 1. The number of halogens is 2. The lowest BCUT2D eigenvalue weighted by Crippen LogP contribution is -2.28. The molecule has 1 aromatic carbocycles. The van der Waals surface area contributed by atoms with Gasteiger partial charge >= 0.3 is 0 Å². The normalized spacial score (nSPS) is 16.1. The van der Waals surface area contributed by atoms with Gasteiger partial charge in [0.1, 0.15) is 5.75 Å². The SMILES string of the molecule is NNC(c1cccc(OC2CC2)c1)c1cc(Br)c(Br)s1. The molecule has 1 unspecified atom stereocenters. The Labute approximate surface area is 138 Å². The molecule has 3 rings (SSSR count). The van der Waals surface area contributed by atoms with Crippen molar-refractivity contribution in [3.05, 3.63) is 49.0 Å². The number of rotatable bonds is 5. The number of hydrazine groups is 1. The molecule has 0 saturated heterocycles. The van der Waals surface area contributed by atoms with Gasteiger partial charge in [0.15, 0.2) is 0 Å². The summed E-state index contributed by atoms with van der Waals surface area (Å²) in [7, 11) is 0. The molecule has 2 aromatic rings. The van der Waals surface area contributed by atoms with Crippen LogP contribution in [-0.2, 0) is 0 Å². The summed E-state index contributed by atoms with van der Waals surface area (Å²) in [6.07, 6.45) is 2.72. The second-order valence-corrected chi connectivity index (χ2v) is 8.02. The molecule has 1 aliphatic carbocycles. The van der Waals surface area contributed by atoms with E-state index in [1.54, 1.807) is 11.3 Å². The molecule has 1 aromatic heterocycles. The van der Waals surface area contributed by atoms with Gasteiger partial charge in [-0.3, -0.25) is 5.84 Å². The van der Waals surface area contributed by atoms with E-state index in [4.69, 9.17) is 10.6 Å². The maximum absolute atomic E-state index is 5.84. The maximum Gasteiger partial charge on any atom is 0.120 e. The van der Waals surface area contributed by atoms with E-state index >= 15 is 0 Å². The molecule has 1 atom stereocenters. The summed E-state index contributed by atoms with van der Waals surface area (Å²) in [6.45, 7) is 0. The monoisotopic (exact) mass is 416 g/mol. The molecule has 3 nitrogen and oxygen atoms in total. The van der Waals surface area contributed by atoms with Crippen LogP contribution in [0.2, 0.25) is 0 Å². The summed E-state index contributed by atoms with van der Waals surface area (Å²) in [5.74, 6) is 6.66. The Morgan fingerprint density at radius 3 is 2.70 bits per heavy atom. The largest absolute Gasteiger partial charge is 0.490 e. The summed E-state index contributed by atoms with van der Waals surface area (Å²) in [6, 6.07) is 10.2. The van der Waals surface area contributed by atoms with Crippen LogP contribution in [0.1, 0.15) is 29.3 Å². The van der Waals surface area contributed by atoms with Gasteiger partial charge in [-0.2, -0.15) is 0 Å². The molecule has 106 valence electrons. The Bertz CT molecular complexity index is 593. The second kappa shape index (κ2) is 6.15. The van der Waals surface area contributed by atoms with E-state index < -0.39 is 0 Å². The summed E-state index contributed by atoms with van der Waals surface area (Å²) < 4.78 is 7.95. The van der Waals surface area contributed by atoms with E-state index in [-0.39, 0.29) is 6.04 Å².